The highest BCUT2D eigenvalue weighted by molar-refractivity contribution is 6.17. The predicted molar refractivity (Wildman–Crippen MR) is 54.5 cm³/mol. The van der Waals surface area contributed by atoms with Gasteiger partial charge in [0.15, 0.2) is 0 Å². The van der Waals surface area contributed by atoms with E-state index in [0.29, 0.717) is 0 Å². The first-order valence-electron chi connectivity index (χ1n) is 4.45. The highest BCUT2D eigenvalue weighted by Gasteiger charge is 2.06. The number of halogens is 1. The molecule has 0 unspecified atom stereocenters. The van der Waals surface area contributed by atoms with Gasteiger partial charge >= 0.3 is 0 Å². The maximum atomic E-state index is 5.53. The lowest BCUT2D eigenvalue weighted by molar-refractivity contribution is 0.0761. The summed E-state index contributed by atoms with van der Waals surface area (Å²) in [5.41, 5.74) is -0.0665. The van der Waals surface area contributed by atoms with E-state index >= 15 is 0 Å². The molecule has 0 rings (SSSR count). The van der Waals surface area contributed by atoms with Crippen LogP contribution in [-0.4, -0.2) is 11.5 Å². The van der Waals surface area contributed by atoms with Crippen LogP contribution in [0.15, 0.2) is 12.3 Å². The van der Waals surface area contributed by atoms with Crippen LogP contribution in [0.2, 0.25) is 0 Å². The lowest BCUT2D eigenvalue weighted by Gasteiger charge is -2.17. The largest absolute Gasteiger partial charge is 0.496 e. The molecule has 0 saturated heterocycles. The van der Waals surface area contributed by atoms with Gasteiger partial charge in [-0.15, -0.1) is 11.6 Å². The Kier molecular flexibility index (Phi) is 6.27. The highest BCUT2D eigenvalue weighted by Crippen LogP contribution is 2.07. The average Bonchev–Trinajstić information content (AvgIpc) is 1.94. The van der Waals surface area contributed by atoms with Crippen molar-refractivity contribution in [2.75, 3.05) is 5.88 Å². The second kappa shape index (κ2) is 6.36. The molecule has 0 aromatic heterocycles. The van der Waals surface area contributed by atoms with Gasteiger partial charge < -0.3 is 4.74 Å². The Morgan fingerprint density at radius 1 is 1.25 bits per heavy atom. The Hall–Kier alpha value is -0.170. The van der Waals surface area contributed by atoms with Gasteiger partial charge in [-0.2, -0.15) is 0 Å². The fourth-order valence-corrected chi connectivity index (χ4v) is 0.866. The van der Waals surface area contributed by atoms with Crippen molar-refractivity contribution >= 4 is 11.6 Å². The summed E-state index contributed by atoms with van der Waals surface area (Å²) in [6, 6.07) is 0. The smallest absolute Gasteiger partial charge is 0.0998 e. The molecule has 2 heteroatoms. The zero-order chi connectivity index (χ0) is 9.45. The zero-order valence-corrected chi connectivity index (χ0v) is 9.03. The van der Waals surface area contributed by atoms with Crippen molar-refractivity contribution in [3.8, 4) is 0 Å². The van der Waals surface area contributed by atoms with Gasteiger partial charge in [-0.05, 0) is 46.1 Å². The minimum absolute atomic E-state index is 0.0665. The second-order valence-electron chi connectivity index (χ2n) is 3.79. The first-order chi connectivity index (χ1) is 5.56. The Bertz CT molecular complexity index is 124. The number of ether oxygens (including phenoxy) is 1. The molecule has 0 heterocycles. The molecular formula is C10H19ClO. The molecule has 0 aliphatic heterocycles. The molecule has 0 saturated carbocycles. The van der Waals surface area contributed by atoms with E-state index in [1.807, 2.05) is 20.8 Å². The predicted octanol–water partition coefficient (Wildman–Crippen LogP) is 3.72. The van der Waals surface area contributed by atoms with E-state index in [1.54, 1.807) is 6.26 Å². The van der Waals surface area contributed by atoms with Gasteiger partial charge in [-0.3, -0.25) is 0 Å². The van der Waals surface area contributed by atoms with Gasteiger partial charge in [-0.25, -0.2) is 0 Å². The van der Waals surface area contributed by atoms with E-state index in [4.69, 9.17) is 16.3 Å². The Morgan fingerprint density at radius 3 is 2.42 bits per heavy atom. The van der Waals surface area contributed by atoms with Crippen molar-refractivity contribution in [2.24, 2.45) is 0 Å². The van der Waals surface area contributed by atoms with E-state index in [1.165, 1.54) is 0 Å². The molecule has 72 valence electrons. The molecular weight excluding hydrogens is 172 g/mol. The van der Waals surface area contributed by atoms with Crippen LogP contribution < -0.4 is 0 Å². The van der Waals surface area contributed by atoms with Gasteiger partial charge in [0, 0.05) is 5.88 Å². The number of hydrogen-bond acceptors (Lipinski definition) is 1. The van der Waals surface area contributed by atoms with Crippen LogP contribution in [0.4, 0.5) is 0 Å². The van der Waals surface area contributed by atoms with E-state index in [2.05, 4.69) is 6.08 Å². The summed E-state index contributed by atoms with van der Waals surface area (Å²) in [6.45, 7) is 6.11. The van der Waals surface area contributed by atoms with Crippen LogP contribution in [0.1, 0.15) is 40.0 Å². The van der Waals surface area contributed by atoms with Gasteiger partial charge in [0.05, 0.1) is 11.9 Å². The molecule has 0 N–H and O–H groups in total. The summed E-state index contributed by atoms with van der Waals surface area (Å²) in [6.07, 6.45) is 7.13. The van der Waals surface area contributed by atoms with Crippen molar-refractivity contribution in [1.82, 2.24) is 0 Å². The highest BCUT2D eigenvalue weighted by atomic mass is 35.5. The fraction of sp³-hybridized carbons (Fsp3) is 0.800. The average molecular weight is 191 g/mol. The SMILES string of the molecule is CC(C)(C)OC=CCCCCCl. The van der Waals surface area contributed by atoms with Crippen LogP contribution in [0.25, 0.3) is 0 Å². The van der Waals surface area contributed by atoms with Gasteiger partial charge in [0.2, 0.25) is 0 Å². The third-order valence-electron chi connectivity index (χ3n) is 1.27. The van der Waals surface area contributed by atoms with Crippen molar-refractivity contribution < 1.29 is 4.74 Å². The Balaban J connectivity index is 3.26. The lowest BCUT2D eigenvalue weighted by atomic mass is 10.2. The third kappa shape index (κ3) is 9.83. The second-order valence-corrected chi connectivity index (χ2v) is 4.16. The van der Waals surface area contributed by atoms with Crippen molar-refractivity contribution in [3.05, 3.63) is 12.3 Å². The van der Waals surface area contributed by atoms with Gasteiger partial charge in [-0.1, -0.05) is 0 Å². The van der Waals surface area contributed by atoms with E-state index in [-0.39, 0.29) is 5.60 Å². The molecule has 1 nitrogen and oxygen atoms in total. The van der Waals surface area contributed by atoms with Crippen molar-refractivity contribution in [2.45, 2.75) is 45.6 Å². The number of alkyl halides is 1. The maximum Gasteiger partial charge on any atom is 0.0998 e. The molecule has 0 fully saturated rings. The normalized spacial score (nSPS) is 12.3. The molecule has 0 aromatic rings. The maximum absolute atomic E-state index is 5.53. The molecule has 0 aliphatic rings. The molecule has 0 radical (unpaired) electrons. The van der Waals surface area contributed by atoms with E-state index < -0.39 is 0 Å². The summed E-state index contributed by atoms with van der Waals surface area (Å²) < 4.78 is 5.40. The fourth-order valence-electron chi connectivity index (χ4n) is 0.677. The van der Waals surface area contributed by atoms with Crippen LogP contribution in [0, 0.1) is 0 Å². The van der Waals surface area contributed by atoms with E-state index in [9.17, 15) is 0 Å². The Labute approximate surface area is 80.8 Å². The van der Waals surface area contributed by atoms with Crippen molar-refractivity contribution in [1.29, 1.82) is 0 Å². The third-order valence-corrected chi connectivity index (χ3v) is 1.54. The van der Waals surface area contributed by atoms with Crippen LogP contribution >= 0.6 is 11.6 Å². The first-order valence-corrected chi connectivity index (χ1v) is 4.98. The van der Waals surface area contributed by atoms with Crippen LogP contribution in [0.5, 0.6) is 0 Å². The van der Waals surface area contributed by atoms with Crippen molar-refractivity contribution in [3.63, 3.8) is 0 Å². The van der Waals surface area contributed by atoms with Crippen LogP contribution in [0.3, 0.4) is 0 Å². The van der Waals surface area contributed by atoms with Crippen LogP contribution in [-0.2, 0) is 4.74 Å². The van der Waals surface area contributed by atoms with Gasteiger partial charge in [0.1, 0.15) is 0 Å². The Morgan fingerprint density at radius 2 is 1.92 bits per heavy atom. The molecule has 0 atom stereocenters. The molecule has 0 spiro atoms. The van der Waals surface area contributed by atoms with E-state index in [0.717, 1.165) is 25.1 Å². The molecule has 0 bridgehead atoms. The minimum atomic E-state index is -0.0665. The molecule has 0 amide bonds. The topological polar surface area (TPSA) is 9.23 Å². The van der Waals surface area contributed by atoms with Gasteiger partial charge in [0.25, 0.3) is 0 Å². The molecule has 12 heavy (non-hydrogen) atoms. The molecule has 0 aliphatic carbocycles. The number of allylic oxidation sites excluding steroid dienone is 1. The number of unbranched alkanes of at least 4 members (excludes halogenated alkanes) is 2. The molecule has 0 aromatic carbocycles. The zero-order valence-electron chi connectivity index (χ0n) is 8.27. The number of hydrogen-bond donors (Lipinski definition) is 0. The summed E-state index contributed by atoms with van der Waals surface area (Å²) >= 11 is 5.53. The summed E-state index contributed by atoms with van der Waals surface area (Å²) in [5.74, 6) is 0.758. The lowest BCUT2D eigenvalue weighted by Crippen LogP contribution is -2.15. The summed E-state index contributed by atoms with van der Waals surface area (Å²) in [5, 5.41) is 0. The quantitative estimate of drug-likeness (QED) is 0.365. The standard InChI is InChI=1S/C10H19ClO/c1-10(2,3)12-9-7-5-4-6-8-11/h7,9H,4-6,8H2,1-3H3. The number of rotatable bonds is 5. The monoisotopic (exact) mass is 190 g/mol. The first kappa shape index (κ1) is 11.8. The summed E-state index contributed by atoms with van der Waals surface area (Å²) in [4.78, 5) is 0. The minimum Gasteiger partial charge on any atom is -0.496 e. The summed E-state index contributed by atoms with van der Waals surface area (Å²) in [7, 11) is 0.